The maximum absolute atomic E-state index is 12.5. The molecule has 1 aliphatic heterocycles. The third-order valence-electron chi connectivity index (χ3n) is 3.57. The van der Waals surface area contributed by atoms with Gasteiger partial charge in [0, 0.05) is 18.7 Å². The number of nitrogens with one attached hydrogen (secondary N) is 2. The molecule has 1 aromatic heterocycles. The summed E-state index contributed by atoms with van der Waals surface area (Å²) in [6.07, 6.45) is 2.72. The monoisotopic (exact) mass is 280 g/mol. The summed E-state index contributed by atoms with van der Waals surface area (Å²) in [6, 6.07) is 3.04. The Kier molecular flexibility index (Phi) is 4.73. The molecule has 20 heavy (non-hydrogen) atoms. The third kappa shape index (κ3) is 3.16. The summed E-state index contributed by atoms with van der Waals surface area (Å²) >= 11 is 0. The molecule has 0 aliphatic carbocycles. The van der Waals surface area contributed by atoms with Gasteiger partial charge in [-0.3, -0.25) is 4.79 Å². The molecule has 0 aromatic carbocycles. The second-order valence-corrected chi connectivity index (χ2v) is 4.99. The summed E-state index contributed by atoms with van der Waals surface area (Å²) in [6.45, 7) is 4.51. The van der Waals surface area contributed by atoms with E-state index in [9.17, 15) is 14.9 Å². The lowest BCUT2D eigenvalue weighted by Crippen LogP contribution is -2.46. The second-order valence-electron chi connectivity index (χ2n) is 4.99. The maximum atomic E-state index is 12.5. The smallest absolute Gasteiger partial charge is 0.321 e. The van der Waals surface area contributed by atoms with Crippen LogP contribution in [0.3, 0.4) is 0 Å². The molecule has 7 nitrogen and oxygen atoms in total. The molecule has 1 saturated heterocycles. The molecule has 110 valence electrons. The van der Waals surface area contributed by atoms with Crippen LogP contribution in [0.25, 0.3) is 0 Å². The van der Waals surface area contributed by atoms with Crippen molar-refractivity contribution in [2.75, 3.05) is 19.6 Å². The van der Waals surface area contributed by atoms with Crippen molar-refractivity contribution in [1.29, 1.82) is 0 Å². The zero-order valence-corrected chi connectivity index (χ0v) is 11.6. The fourth-order valence-electron chi connectivity index (χ4n) is 2.58. The van der Waals surface area contributed by atoms with Gasteiger partial charge in [0.25, 0.3) is 5.91 Å². The highest BCUT2D eigenvalue weighted by Gasteiger charge is 2.28. The Morgan fingerprint density at radius 3 is 2.70 bits per heavy atom. The van der Waals surface area contributed by atoms with Gasteiger partial charge >= 0.3 is 5.82 Å². The number of aromatic amines is 1. The molecule has 0 radical (unpaired) electrons. The van der Waals surface area contributed by atoms with Crippen molar-refractivity contribution in [1.82, 2.24) is 15.2 Å². The van der Waals surface area contributed by atoms with Crippen LogP contribution in [-0.4, -0.2) is 46.4 Å². The van der Waals surface area contributed by atoms with E-state index in [2.05, 4.69) is 10.3 Å². The molecule has 1 aromatic rings. The van der Waals surface area contributed by atoms with E-state index in [-0.39, 0.29) is 17.8 Å². The summed E-state index contributed by atoms with van der Waals surface area (Å²) in [7, 11) is 0. The predicted octanol–water partition coefficient (Wildman–Crippen LogP) is 1.53. The Morgan fingerprint density at radius 1 is 1.45 bits per heavy atom. The Morgan fingerprint density at radius 2 is 2.15 bits per heavy atom. The first kappa shape index (κ1) is 14.5. The van der Waals surface area contributed by atoms with E-state index in [1.54, 1.807) is 0 Å². The van der Waals surface area contributed by atoms with Crippen LogP contribution in [0, 0.1) is 10.1 Å². The number of hydrogen-bond donors (Lipinski definition) is 2. The Balaban J connectivity index is 2.14. The van der Waals surface area contributed by atoms with E-state index < -0.39 is 4.92 Å². The number of H-pyrrole nitrogens is 1. The van der Waals surface area contributed by atoms with E-state index in [0.29, 0.717) is 12.2 Å². The maximum Gasteiger partial charge on any atom is 0.321 e. The van der Waals surface area contributed by atoms with Gasteiger partial charge < -0.3 is 20.3 Å². The molecule has 0 spiro atoms. The van der Waals surface area contributed by atoms with Gasteiger partial charge in [-0.05, 0) is 43.3 Å². The number of carbonyl (C=O) groups excluding carboxylic acids is 1. The molecule has 1 fully saturated rings. The fraction of sp³-hybridized carbons (Fsp3) is 0.615. The molecule has 0 saturated carbocycles. The molecule has 1 aliphatic rings. The first-order chi connectivity index (χ1) is 9.63. The van der Waals surface area contributed by atoms with Gasteiger partial charge in [0.1, 0.15) is 0 Å². The van der Waals surface area contributed by atoms with Crippen LogP contribution in [0.5, 0.6) is 0 Å². The molecule has 1 amide bonds. The quantitative estimate of drug-likeness (QED) is 0.632. The van der Waals surface area contributed by atoms with Crippen molar-refractivity contribution < 1.29 is 9.72 Å². The minimum Gasteiger partial charge on any atom is -0.358 e. The number of nitrogens with zero attached hydrogens (tertiary/aromatic N) is 2. The average Bonchev–Trinajstić information content (AvgIpc) is 2.95. The molecule has 0 bridgehead atoms. The largest absolute Gasteiger partial charge is 0.358 e. The molecule has 2 rings (SSSR count). The SMILES string of the molecule is CCCN(C(=O)c1ccc([N+](=O)[O-])[nH]1)C1CCNCC1. The lowest BCUT2D eigenvalue weighted by molar-refractivity contribution is -0.389. The summed E-state index contributed by atoms with van der Waals surface area (Å²) in [5.41, 5.74) is 0.295. The Bertz CT molecular complexity index is 480. The van der Waals surface area contributed by atoms with Gasteiger partial charge in [-0.15, -0.1) is 0 Å². The molecule has 2 N–H and O–H groups in total. The molecular formula is C13H20N4O3. The molecule has 7 heteroatoms. The van der Waals surface area contributed by atoms with Gasteiger partial charge in [-0.2, -0.15) is 0 Å². The minimum absolute atomic E-state index is 0.143. The molecule has 2 heterocycles. The Hall–Kier alpha value is -1.89. The number of rotatable bonds is 5. The summed E-state index contributed by atoms with van der Waals surface area (Å²) < 4.78 is 0. The van der Waals surface area contributed by atoms with Gasteiger partial charge in [-0.25, -0.2) is 4.98 Å². The molecular weight excluding hydrogens is 260 g/mol. The predicted molar refractivity (Wildman–Crippen MR) is 74.7 cm³/mol. The zero-order chi connectivity index (χ0) is 14.5. The fourth-order valence-corrected chi connectivity index (χ4v) is 2.58. The Labute approximate surface area is 117 Å². The topological polar surface area (TPSA) is 91.3 Å². The summed E-state index contributed by atoms with van der Waals surface area (Å²) in [4.78, 5) is 27.1. The summed E-state index contributed by atoms with van der Waals surface area (Å²) in [5.74, 6) is -0.290. The van der Waals surface area contributed by atoms with Crippen molar-refractivity contribution in [3.63, 3.8) is 0 Å². The van der Waals surface area contributed by atoms with E-state index in [4.69, 9.17) is 0 Å². The second kappa shape index (κ2) is 6.51. The average molecular weight is 280 g/mol. The van der Waals surface area contributed by atoms with Crippen molar-refractivity contribution in [2.45, 2.75) is 32.2 Å². The van der Waals surface area contributed by atoms with E-state index in [1.807, 2.05) is 11.8 Å². The lowest BCUT2D eigenvalue weighted by atomic mass is 10.0. The van der Waals surface area contributed by atoms with Crippen molar-refractivity contribution in [3.05, 3.63) is 27.9 Å². The van der Waals surface area contributed by atoms with E-state index >= 15 is 0 Å². The first-order valence-corrected chi connectivity index (χ1v) is 6.98. The number of carbonyl (C=O) groups is 1. The molecule has 0 unspecified atom stereocenters. The van der Waals surface area contributed by atoms with Gasteiger partial charge in [0.05, 0.1) is 0 Å². The number of hydrogen-bond acceptors (Lipinski definition) is 4. The number of nitro groups is 1. The highest BCUT2D eigenvalue weighted by Crippen LogP contribution is 2.18. The number of piperidine rings is 1. The van der Waals surface area contributed by atoms with Crippen LogP contribution in [0.15, 0.2) is 12.1 Å². The zero-order valence-electron chi connectivity index (χ0n) is 11.6. The van der Waals surface area contributed by atoms with Crippen molar-refractivity contribution >= 4 is 11.7 Å². The van der Waals surface area contributed by atoms with Gasteiger partial charge in [0.2, 0.25) is 0 Å². The first-order valence-electron chi connectivity index (χ1n) is 6.98. The highest BCUT2D eigenvalue weighted by atomic mass is 16.6. The van der Waals surface area contributed by atoms with Crippen LogP contribution >= 0.6 is 0 Å². The number of aromatic nitrogens is 1. The van der Waals surface area contributed by atoms with E-state index in [0.717, 1.165) is 32.4 Å². The van der Waals surface area contributed by atoms with Crippen molar-refractivity contribution in [3.8, 4) is 0 Å². The lowest BCUT2D eigenvalue weighted by Gasteiger charge is -2.33. The van der Waals surface area contributed by atoms with Crippen molar-refractivity contribution in [2.24, 2.45) is 0 Å². The standard InChI is InChI=1S/C13H20N4O3/c1-2-9-16(10-5-7-14-8-6-10)13(18)11-3-4-12(15-11)17(19)20/h3-4,10,14-15H,2,5-9H2,1H3. The van der Waals surface area contributed by atoms with Crippen LogP contribution < -0.4 is 5.32 Å². The van der Waals surface area contributed by atoms with Crippen LogP contribution in [0.1, 0.15) is 36.7 Å². The molecule has 0 atom stereocenters. The van der Waals surface area contributed by atoms with E-state index in [1.165, 1.54) is 12.1 Å². The van der Waals surface area contributed by atoms with Gasteiger partial charge in [-0.1, -0.05) is 6.92 Å². The highest BCUT2D eigenvalue weighted by molar-refractivity contribution is 5.93. The van der Waals surface area contributed by atoms with Crippen LogP contribution in [-0.2, 0) is 0 Å². The third-order valence-corrected chi connectivity index (χ3v) is 3.57. The number of amides is 1. The van der Waals surface area contributed by atoms with Gasteiger partial charge in [0.15, 0.2) is 5.69 Å². The van der Waals surface area contributed by atoms with Crippen LogP contribution in [0.2, 0.25) is 0 Å². The summed E-state index contributed by atoms with van der Waals surface area (Å²) in [5, 5.41) is 13.9. The van der Waals surface area contributed by atoms with Crippen LogP contribution in [0.4, 0.5) is 5.82 Å². The minimum atomic E-state index is -0.522. The normalized spacial score (nSPS) is 16.1.